The lowest BCUT2D eigenvalue weighted by Crippen LogP contribution is -2.39. The molecule has 0 bridgehead atoms. The molecule has 2 aromatic rings. The van der Waals surface area contributed by atoms with Crippen molar-refractivity contribution in [3.05, 3.63) is 66.2 Å². The zero-order valence-corrected chi connectivity index (χ0v) is 19.5. The monoisotopic (exact) mass is 515 g/mol. The summed E-state index contributed by atoms with van der Waals surface area (Å²) in [6, 6.07) is 19.7. The minimum absolute atomic E-state index is 0. The Kier molecular flexibility index (Phi) is 13.4. The first-order valence-corrected chi connectivity index (χ1v) is 10.9. The standard InChI is InChI=1S/C21H29N3O2S.HI/c1-2-22-21(23-14-9-16-26-20-12-7-4-8-13-20)24-15-17-27(25)18-19-10-5-3-6-11-19;/h3-8,10-13H,2,9,14-18H2,1H3,(H2,22,23,24);1H. The van der Waals surface area contributed by atoms with E-state index in [1.54, 1.807) is 0 Å². The Morgan fingerprint density at radius 1 is 1.04 bits per heavy atom. The number of benzene rings is 2. The summed E-state index contributed by atoms with van der Waals surface area (Å²) in [5.41, 5.74) is 1.11. The normalized spacial score (nSPS) is 12.0. The molecule has 2 aromatic carbocycles. The van der Waals surface area contributed by atoms with E-state index in [1.165, 1.54) is 0 Å². The second-order valence-electron chi connectivity index (χ2n) is 5.98. The van der Waals surface area contributed by atoms with E-state index in [0.717, 1.165) is 30.2 Å². The molecule has 0 spiro atoms. The summed E-state index contributed by atoms with van der Waals surface area (Å²) in [5.74, 6) is 2.82. The number of hydrogen-bond donors (Lipinski definition) is 2. The second-order valence-corrected chi connectivity index (χ2v) is 7.55. The van der Waals surface area contributed by atoms with Gasteiger partial charge in [0.25, 0.3) is 0 Å². The number of para-hydroxylation sites is 1. The molecule has 0 aromatic heterocycles. The van der Waals surface area contributed by atoms with Crippen LogP contribution in [0.1, 0.15) is 18.9 Å². The third-order valence-electron chi connectivity index (χ3n) is 3.72. The minimum atomic E-state index is -0.887. The number of rotatable bonds is 11. The van der Waals surface area contributed by atoms with Gasteiger partial charge in [-0.3, -0.25) is 9.20 Å². The lowest BCUT2D eigenvalue weighted by Gasteiger charge is -2.11. The number of nitrogens with zero attached hydrogens (tertiary/aromatic N) is 1. The summed E-state index contributed by atoms with van der Waals surface area (Å²) < 4.78 is 17.8. The van der Waals surface area contributed by atoms with Gasteiger partial charge in [0.15, 0.2) is 5.96 Å². The lowest BCUT2D eigenvalue weighted by atomic mass is 10.2. The number of aliphatic imine (C=N–C) groups is 1. The first kappa shape index (κ1) is 24.4. The highest BCUT2D eigenvalue weighted by atomic mass is 127. The molecule has 28 heavy (non-hydrogen) atoms. The SMILES string of the molecule is CCNC(=NCCCOc1ccccc1)NCCS(=O)Cc1ccccc1.I. The van der Waals surface area contributed by atoms with Crippen molar-refractivity contribution in [3.8, 4) is 5.75 Å². The van der Waals surface area contributed by atoms with Gasteiger partial charge in [-0.25, -0.2) is 0 Å². The summed E-state index contributed by atoms with van der Waals surface area (Å²) in [5, 5.41) is 6.46. The number of halogens is 1. The van der Waals surface area contributed by atoms with Crippen LogP contribution in [0, 0.1) is 0 Å². The molecular formula is C21H30IN3O2S. The molecule has 2 N–H and O–H groups in total. The molecule has 0 aliphatic carbocycles. The Labute approximate surface area is 187 Å². The molecule has 1 unspecified atom stereocenters. The van der Waals surface area contributed by atoms with Crippen LogP contribution in [0.25, 0.3) is 0 Å². The topological polar surface area (TPSA) is 62.7 Å². The number of ether oxygens (including phenoxy) is 1. The highest BCUT2D eigenvalue weighted by molar-refractivity contribution is 14.0. The fraction of sp³-hybridized carbons (Fsp3) is 0.381. The summed E-state index contributed by atoms with van der Waals surface area (Å²) >= 11 is 0. The average molecular weight is 515 g/mol. The maximum absolute atomic E-state index is 12.2. The first-order chi connectivity index (χ1) is 13.3. The zero-order valence-electron chi connectivity index (χ0n) is 16.3. The van der Waals surface area contributed by atoms with Gasteiger partial charge in [-0.2, -0.15) is 0 Å². The zero-order chi connectivity index (χ0) is 19.2. The quantitative estimate of drug-likeness (QED) is 0.208. The van der Waals surface area contributed by atoms with Crippen molar-refractivity contribution in [2.24, 2.45) is 4.99 Å². The largest absolute Gasteiger partial charge is 0.494 e. The molecule has 0 aliphatic heterocycles. The fourth-order valence-electron chi connectivity index (χ4n) is 2.42. The average Bonchev–Trinajstić information content (AvgIpc) is 2.69. The predicted molar refractivity (Wildman–Crippen MR) is 129 cm³/mol. The molecule has 0 amide bonds. The molecule has 1 atom stereocenters. The van der Waals surface area contributed by atoms with Gasteiger partial charge in [-0.05, 0) is 24.6 Å². The van der Waals surface area contributed by atoms with Crippen molar-refractivity contribution in [3.63, 3.8) is 0 Å². The highest BCUT2D eigenvalue weighted by Crippen LogP contribution is 2.08. The van der Waals surface area contributed by atoms with Gasteiger partial charge in [0.2, 0.25) is 0 Å². The number of nitrogens with one attached hydrogen (secondary N) is 2. The van der Waals surface area contributed by atoms with E-state index in [9.17, 15) is 4.21 Å². The molecule has 0 saturated heterocycles. The third kappa shape index (κ3) is 10.7. The van der Waals surface area contributed by atoms with Gasteiger partial charge < -0.3 is 15.4 Å². The van der Waals surface area contributed by atoms with Gasteiger partial charge in [0, 0.05) is 48.4 Å². The van der Waals surface area contributed by atoms with E-state index >= 15 is 0 Å². The molecule has 7 heteroatoms. The molecular weight excluding hydrogens is 485 g/mol. The molecule has 0 aliphatic rings. The Morgan fingerprint density at radius 3 is 2.39 bits per heavy atom. The van der Waals surface area contributed by atoms with Crippen LogP contribution in [0.15, 0.2) is 65.7 Å². The Morgan fingerprint density at radius 2 is 1.71 bits per heavy atom. The van der Waals surface area contributed by atoms with Crippen molar-refractivity contribution < 1.29 is 8.95 Å². The van der Waals surface area contributed by atoms with Crippen LogP contribution in [-0.4, -0.2) is 42.2 Å². The smallest absolute Gasteiger partial charge is 0.191 e. The van der Waals surface area contributed by atoms with Crippen LogP contribution in [0.4, 0.5) is 0 Å². The van der Waals surface area contributed by atoms with Crippen LogP contribution in [-0.2, 0) is 16.6 Å². The molecule has 2 rings (SSSR count). The van der Waals surface area contributed by atoms with Gasteiger partial charge in [0.1, 0.15) is 5.75 Å². The molecule has 0 saturated carbocycles. The molecule has 0 fully saturated rings. The van der Waals surface area contributed by atoms with Crippen molar-refractivity contribution >= 4 is 40.7 Å². The fourth-order valence-corrected chi connectivity index (χ4v) is 3.46. The van der Waals surface area contributed by atoms with Crippen LogP contribution < -0.4 is 15.4 Å². The lowest BCUT2D eigenvalue weighted by molar-refractivity contribution is 0.313. The molecule has 0 radical (unpaired) electrons. The molecule has 5 nitrogen and oxygen atoms in total. The summed E-state index contributed by atoms with van der Waals surface area (Å²) in [4.78, 5) is 4.54. The second kappa shape index (κ2) is 15.3. The Bertz CT molecular complexity index is 699. The van der Waals surface area contributed by atoms with Crippen molar-refractivity contribution in [1.82, 2.24) is 10.6 Å². The maximum atomic E-state index is 12.2. The molecule has 0 heterocycles. The summed E-state index contributed by atoms with van der Waals surface area (Å²) in [6.45, 7) is 4.76. The number of hydrogen-bond acceptors (Lipinski definition) is 3. The van der Waals surface area contributed by atoms with Crippen molar-refractivity contribution in [1.29, 1.82) is 0 Å². The predicted octanol–water partition coefficient (Wildman–Crippen LogP) is 3.58. The van der Waals surface area contributed by atoms with Crippen LogP contribution in [0.2, 0.25) is 0 Å². The van der Waals surface area contributed by atoms with E-state index in [-0.39, 0.29) is 24.0 Å². The van der Waals surface area contributed by atoms with Gasteiger partial charge in [-0.15, -0.1) is 24.0 Å². The summed E-state index contributed by atoms with van der Waals surface area (Å²) in [6.07, 6.45) is 0.839. The van der Waals surface area contributed by atoms with Gasteiger partial charge in [0.05, 0.1) is 6.61 Å². The third-order valence-corrected chi connectivity index (χ3v) is 5.04. The number of guanidine groups is 1. The van der Waals surface area contributed by atoms with E-state index in [2.05, 4.69) is 15.6 Å². The van der Waals surface area contributed by atoms with Gasteiger partial charge >= 0.3 is 0 Å². The van der Waals surface area contributed by atoms with E-state index in [1.807, 2.05) is 67.6 Å². The van der Waals surface area contributed by atoms with Crippen LogP contribution in [0.3, 0.4) is 0 Å². The van der Waals surface area contributed by atoms with Gasteiger partial charge in [-0.1, -0.05) is 48.5 Å². The minimum Gasteiger partial charge on any atom is -0.494 e. The van der Waals surface area contributed by atoms with E-state index < -0.39 is 10.8 Å². The summed E-state index contributed by atoms with van der Waals surface area (Å²) in [7, 11) is -0.887. The van der Waals surface area contributed by atoms with Crippen molar-refractivity contribution in [2.45, 2.75) is 19.1 Å². The molecule has 154 valence electrons. The van der Waals surface area contributed by atoms with Crippen molar-refractivity contribution in [2.75, 3.05) is 32.0 Å². The Balaban J connectivity index is 0.00000392. The Hall–Kier alpha value is -1.61. The first-order valence-electron chi connectivity index (χ1n) is 9.37. The maximum Gasteiger partial charge on any atom is 0.191 e. The van der Waals surface area contributed by atoms with E-state index in [0.29, 0.717) is 31.2 Å². The highest BCUT2D eigenvalue weighted by Gasteiger charge is 2.03. The van der Waals surface area contributed by atoms with Crippen LogP contribution >= 0.6 is 24.0 Å². The van der Waals surface area contributed by atoms with Crippen LogP contribution in [0.5, 0.6) is 5.75 Å². The van der Waals surface area contributed by atoms with E-state index in [4.69, 9.17) is 4.74 Å².